The fourth-order valence-corrected chi connectivity index (χ4v) is 8.73. The van der Waals surface area contributed by atoms with E-state index in [2.05, 4.69) is 0 Å². The molecule has 0 aromatic heterocycles. The zero-order chi connectivity index (χ0) is 22.5. The van der Waals surface area contributed by atoms with E-state index in [4.69, 9.17) is 4.74 Å². The van der Waals surface area contributed by atoms with Crippen molar-refractivity contribution in [2.75, 3.05) is 13.1 Å². The van der Waals surface area contributed by atoms with Crippen LogP contribution in [0.5, 0.6) is 0 Å². The predicted molar refractivity (Wildman–Crippen MR) is 119 cm³/mol. The normalized spacial score (nSPS) is 33.7. The lowest BCUT2D eigenvalue weighted by atomic mass is 9.48. The minimum atomic E-state index is -3.55. The van der Waals surface area contributed by atoms with Gasteiger partial charge in [0.15, 0.2) is 11.9 Å². The Morgan fingerprint density at radius 2 is 1.50 bits per heavy atom. The lowest BCUT2D eigenvalue weighted by molar-refractivity contribution is -0.168. The quantitative estimate of drug-likeness (QED) is 0.605. The molecule has 1 unspecified atom stereocenters. The minimum Gasteiger partial charge on any atom is -0.454 e. The number of sulfonamides is 1. The molecule has 1 heterocycles. The van der Waals surface area contributed by atoms with Gasteiger partial charge in [0.1, 0.15) is 0 Å². The predicted octanol–water partition coefficient (Wildman–Crippen LogP) is 3.80. The number of ether oxygens (including phenoxy) is 1. The lowest BCUT2D eigenvalue weighted by Crippen LogP contribution is -2.53. The third kappa shape index (κ3) is 3.92. The van der Waals surface area contributed by atoms with E-state index in [0.717, 1.165) is 19.3 Å². The van der Waals surface area contributed by atoms with Gasteiger partial charge in [-0.15, -0.1) is 0 Å². The smallest absolute Gasteiger partial charge is 0.309 e. The number of hydrogen-bond acceptors (Lipinski definition) is 5. The highest BCUT2D eigenvalue weighted by atomic mass is 32.2. The van der Waals surface area contributed by atoms with Gasteiger partial charge in [-0.25, -0.2) is 8.42 Å². The van der Waals surface area contributed by atoms with Crippen molar-refractivity contribution in [2.45, 2.75) is 69.3 Å². The molecule has 0 amide bonds. The van der Waals surface area contributed by atoms with Crippen LogP contribution in [0.3, 0.4) is 0 Å². The first-order valence-corrected chi connectivity index (χ1v) is 13.5. The molecule has 7 heteroatoms. The van der Waals surface area contributed by atoms with Gasteiger partial charge < -0.3 is 4.74 Å². The van der Waals surface area contributed by atoms with Crippen LogP contribution in [0.2, 0.25) is 0 Å². The summed E-state index contributed by atoms with van der Waals surface area (Å²) in [5.74, 6) is 1.42. The third-order valence-corrected chi connectivity index (χ3v) is 10.3. The Hall–Kier alpha value is -1.73. The number of carbonyl (C=O) groups is 2. The van der Waals surface area contributed by atoms with Crippen molar-refractivity contribution in [3.63, 3.8) is 0 Å². The molecule has 5 fully saturated rings. The second-order valence-electron chi connectivity index (χ2n) is 10.6. The van der Waals surface area contributed by atoms with Crippen LogP contribution in [0.25, 0.3) is 0 Å². The number of ketones is 1. The van der Waals surface area contributed by atoms with Crippen LogP contribution in [0.4, 0.5) is 0 Å². The molecular formula is C25H33NO5S. The van der Waals surface area contributed by atoms with Gasteiger partial charge in [0.25, 0.3) is 0 Å². The highest BCUT2D eigenvalue weighted by Gasteiger charge is 2.55. The molecule has 174 valence electrons. The summed E-state index contributed by atoms with van der Waals surface area (Å²) in [6, 6.07) is 8.38. The van der Waals surface area contributed by atoms with Crippen molar-refractivity contribution in [3.8, 4) is 0 Å². The maximum atomic E-state index is 13.4. The molecule has 1 aromatic carbocycles. The Morgan fingerprint density at radius 1 is 0.969 bits per heavy atom. The lowest BCUT2D eigenvalue weighted by Gasteiger charge is -2.56. The molecule has 5 aliphatic rings. The van der Waals surface area contributed by atoms with Gasteiger partial charge in [-0.05, 0) is 88.2 Å². The Bertz CT molecular complexity index is 946. The summed E-state index contributed by atoms with van der Waals surface area (Å²) >= 11 is 0. The molecule has 4 aliphatic carbocycles. The molecule has 6 nitrogen and oxygen atoms in total. The molecular weight excluding hydrogens is 426 g/mol. The average Bonchev–Trinajstić information content (AvgIpc) is 2.78. The fraction of sp³-hybridized carbons (Fsp3) is 0.680. The molecule has 6 rings (SSSR count). The summed E-state index contributed by atoms with van der Waals surface area (Å²) in [7, 11) is -3.55. The Kier molecular flexibility index (Phi) is 5.69. The van der Waals surface area contributed by atoms with Gasteiger partial charge >= 0.3 is 5.97 Å². The number of rotatable bonds is 6. The van der Waals surface area contributed by atoms with E-state index in [1.807, 2.05) is 0 Å². The minimum absolute atomic E-state index is 0.119. The summed E-state index contributed by atoms with van der Waals surface area (Å²) in [6.07, 6.45) is 6.83. The number of Topliss-reactive ketones (excluding diaryl/α,β-unsaturated/α-hetero) is 1. The van der Waals surface area contributed by atoms with Crippen LogP contribution in [0, 0.1) is 29.1 Å². The standard InChI is InChI=1S/C25H33NO5S/c1-17(23(27)25-14-18-11-19(15-25)13-20(12-18)16-25)31-24(28)21-7-9-26(10-8-21)32(29,30)22-5-3-2-4-6-22/h2-6,17-21H,7-16H2,1H3. The maximum absolute atomic E-state index is 13.4. The van der Waals surface area contributed by atoms with Crippen LogP contribution in [-0.4, -0.2) is 43.7 Å². The second kappa shape index (κ2) is 8.24. The molecule has 1 aromatic rings. The maximum Gasteiger partial charge on any atom is 0.309 e. The van der Waals surface area contributed by atoms with E-state index in [1.165, 1.54) is 23.6 Å². The monoisotopic (exact) mass is 459 g/mol. The van der Waals surface area contributed by atoms with Crippen LogP contribution < -0.4 is 0 Å². The van der Waals surface area contributed by atoms with Crippen molar-refractivity contribution >= 4 is 21.8 Å². The summed E-state index contributed by atoms with van der Waals surface area (Å²) in [6.45, 7) is 2.30. The molecule has 1 atom stereocenters. The van der Waals surface area contributed by atoms with E-state index < -0.39 is 16.1 Å². The summed E-state index contributed by atoms with van der Waals surface area (Å²) in [4.78, 5) is 26.5. The molecule has 0 spiro atoms. The second-order valence-corrected chi connectivity index (χ2v) is 12.6. The molecule has 0 N–H and O–H groups in total. The number of hydrogen-bond donors (Lipinski definition) is 0. The number of piperidine rings is 1. The first-order chi connectivity index (χ1) is 15.3. The van der Waals surface area contributed by atoms with Gasteiger partial charge in [-0.2, -0.15) is 4.31 Å². The molecule has 1 saturated heterocycles. The summed E-state index contributed by atoms with van der Waals surface area (Å²) in [5.41, 5.74) is -0.276. The van der Waals surface area contributed by atoms with E-state index in [1.54, 1.807) is 37.3 Å². The number of carbonyl (C=O) groups excluding carboxylic acids is 2. The van der Waals surface area contributed by atoms with Crippen molar-refractivity contribution < 1.29 is 22.7 Å². The first-order valence-electron chi connectivity index (χ1n) is 12.1. The number of benzene rings is 1. The van der Waals surface area contributed by atoms with Crippen LogP contribution in [0.1, 0.15) is 58.3 Å². The number of esters is 1. The summed E-state index contributed by atoms with van der Waals surface area (Å²) < 4.78 is 32.7. The third-order valence-electron chi connectivity index (χ3n) is 8.39. The van der Waals surface area contributed by atoms with Crippen molar-refractivity contribution in [1.29, 1.82) is 0 Å². The molecule has 1 aliphatic heterocycles. The summed E-state index contributed by atoms with van der Waals surface area (Å²) in [5, 5.41) is 0. The molecule has 32 heavy (non-hydrogen) atoms. The van der Waals surface area contributed by atoms with Crippen molar-refractivity contribution in [2.24, 2.45) is 29.1 Å². The number of nitrogens with zero attached hydrogens (tertiary/aromatic N) is 1. The average molecular weight is 460 g/mol. The largest absolute Gasteiger partial charge is 0.454 e. The Labute approximate surface area is 190 Å². The molecule has 4 saturated carbocycles. The van der Waals surface area contributed by atoms with Gasteiger partial charge in [-0.3, -0.25) is 9.59 Å². The highest BCUT2D eigenvalue weighted by molar-refractivity contribution is 7.89. The molecule has 4 bridgehead atoms. The van der Waals surface area contributed by atoms with Crippen LogP contribution >= 0.6 is 0 Å². The van der Waals surface area contributed by atoms with Gasteiger partial charge in [-0.1, -0.05) is 18.2 Å². The van der Waals surface area contributed by atoms with E-state index >= 15 is 0 Å². The topological polar surface area (TPSA) is 80.8 Å². The SMILES string of the molecule is CC(OC(=O)C1CCN(S(=O)(=O)c2ccccc2)CC1)C(=O)C12CC3CC(CC(C3)C1)C2. The van der Waals surface area contributed by atoms with Crippen molar-refractivity contribution in [1.82, 2.24) is 4.31 Å². The van der Waals surface area contributed by atoms with Gasteiger partial charge in [0, 0.05) is 18.5 Å². The van der Waals surface area contributed by atoms with Crippen molar-refractivity contribution in [3.05, 3.63) is 30.3 Å². The van der Waals surface area contributed by atoms with Gasteiger partial charge in [0.05, 0.1) is 10.8 Å². The highest BCUT2D eigenvalue weighted by Crippen LogP contribution is 2.60. The zero-order valence-corrected chi connectivity index (χ0v) is 19.6. The Morgan fingerprint density at radius 3 is 2.03 bits per heavy atom. The van der Waals surface area contributed by atoms with Crippen LogP contribution in [-0.2, 0) is 24.3 Å². The zero-order valence-electron chi connectivity index (χ0n) is 18.7. The Balaban J connectivity index is 1.17. The van der Waals surface area contributed by atoms with Gasteiger partial charge in [0.2, 0.25) is 10.0 Å². The fourth-order valence-electron chi connectivity index (χ4n) is 7.24. The van der Waals surface area contributed by atoms with Crippen LogP contribution in [0.15, 0.2) is 35.2 Å². The molecule has 0 radical (unpaired) electrons. The van der Waals surface area contributed by atoms with E-state index in [-0.39, 0.29) is 41.1 Å². The van der Waals surface area contributed by atoms with E-state index in [9.17, 15) is 18.0 Å². The van der Waals surface area contributed by atoms with E-state index in [0.29, 0.717) is 30.6 Å². The first kappa shape index (κ1) is 22.1.